The molecule has 2 N–H and O–H groups in total. The van der Waals surface area contributed by atoms with E-state index in [4.69, 9.17) is 0 Å². The van der Waals surface area contributed by atoms with Crippen LogP contribution >= 0.6 is 0 Å². The van der Waals surface area contributed by atoms with E-state index in [2.05, 4.69) is 10.6 Å². The topological polar surface area (TPSA) is 81.8 Å². The predicted octanol–water partition coefficient (Wildman–Crippen LogP) is 2.74. The summed E-state index contributed by atoms with van der Waals surface area (Å²) in [5, 5.41) is 4.89. The zero-order valence-corrected chi connectivity index (χ0v) is 18.4. The van der Waals surface area contributed by atoms with Crippen molar-refractivity contribution in [3.63, 3.8) is 0 Å². The molecule has 9 heteroatoms. The van der Waals surface area contributed by atoms with Gasteiger partial charge in [0.25, 0.3) is 5.91 Å². The third kappa shape index (κ3) is 4.81. The normalized spacial score (nSPS) is 24.8. The quantitative estimate of drug-likeness (QED) is 0.520. The zero-order chi connectivity index (χ0) is 23.5. The van der Waals surface area contributed by atoms with Gasteiger partial charge in [0, 0.05) is 43.3 Å². The minimum absolute atomic E-state index is 0.109. The van der Waals surface area contributed by atoms with Crippen LogP contribution in [0, 0.1) is 17.6 Å². The van der Waals surface area contributed by atoms with E-state index in [9.17, 15) is 23.2 Å². The maximum absolute atomic E-state index is 13.6. The molecule has 2 aliphatic rings. The molecule has 32 heavy (non-hydrogen) atoms. The fraction of sp³-hybridized carbons (Fsp3) is 0.435. The second-order valence-corrected chi connectivity index (χ2v) is 8.29. The summed E-state index contributed by atoms with van der Waals surface area (Å²) < 4.78 is 26.9. The van der Waals surface area contributed by atoms with Crippen LogP contribution in [0.5, 0.6) is 0 Å². The molecule has 2 aliphatic heterocycles. The summed E-state index contributed by atoms with van der Waals surface area (Å²) in [6.07, 6.45) is 6.92. The van der Waals surface area contributed by atoms with Gasteiger partial charge in [-0.15, -0.1) is 0 Å². The molecule has 1 aromatic rings. The van der Waals surface area contributed by atoms with Crippen molar-refractivity contribution >= 4 is 23.5 Å². The summed E-state index contributed by atoms with van der Waals surface area (Å²) in [5.74, 6) is -2.95. The molecule has 4 amide bonds. The van der Waals surface area contributed by atoms with Crippen molar-refractivity contribution in [2.75, 3.05) is 24.5 Å². The molecule has 0 aromatic heterocycles. The number of urea groups is 1. The first-order chi connectivity index (χ1) is 15.2. The largest absolute Gasteiger partial charge is 0.365 e. The van der Waals surface area contributed by atoms with Crippen LogP contribution in [0.4, 0.5) is 19.3 Å². The Morgan fingerprint density at radius 2 is 2.00 bits per heavy atom. The number of hydrogen-bond donors (Lipinski definition) is 2. The number of allylic oxidation sites excluding steroid dienone is 3. The van der Waals surface area contributed by atoms with Crippen LogP contribution in [-0.2, 0) is 9.59 Å². The predicted molar refractivity (Wildman–Crippen MR) is 117 cm³/mol. The number of nitrogens with zero attached hydrogens (tertiary/aromatic N) is 2. The van der Waals surface area contributed by atoms with Crippen molar-refractivity contribution < 1.29 is 23.2 Å². The van der Waals surface area contributed by atoms with Gasteiger partial charge in [0.1, 0.15) is 5.54 Å². The summed E-state index contributed by atoms with van der Waals surface area (Å²) in [6, 6.07) is 3.08. The van der Waals surface area contributed by atoms with E-state index in [0.29, 0.717) is 25.3 Å². The lowest BCUT2D eigenvalue weighted by molar-refractivity contribution is -0.136. The summed E-state index contributed by atoms with van der Waals surface area (Å²) in [7, 11) is 0. The van der Waals surface area contributed by atoms with Gasteiger partial charge in [0.2, 0.25) is 5.91 Å². The number of hydrogen-bond acceptors (Lipinski definition) is 4. The van der Waals surface area contributed by atoms with Gasteiger partial charge in [-0.25, -0.2) is 13.6 Å². The Morgan fingerprint density at radius 1 is 1.25 bits per heavy atom. The Morgan fingerprint density at radius 3 is 2.59 bits per heavy atom. The van der Waals surface area contributed by atoms with Crippen LogP contribution in [0.1, 0.15) is 27.2 Å². The lowest BCUT2D eigenvalue weighted by Crippen LogP contribution is -2.56. The minimum Gasteiger partial charge on any atom is -0.365 e. The SMILES string of the molecule is C/C=C\C=C\C1(CC(C)C(=O)N2CCN(c3ccc(F)c(F)c3)[C@@H](C)C2)NC(=O)NC1=O. The highest BCUT2D eigenvalue weighted by atomic mass is 19.2. The number of rotatable bonds is 6. The number of carbonyl (C=O) groups excluding carboxylic acids is 3. The Bertz CT molecular complexity index is 965. The Kier molecular flexibility index (Phi) is 6.96. The highest BCUT2D eigenvalue weighted by Gasteiger charge is 2.46. The van der Waals surface area contributed by atoms with E-state index in [1.54, 1.807) is 36.1 Å². The Hall–Kier alpha value is -3.23. The molecular weight excluding hydrogens is 418 g/mol. The molecule has 0 bridgehead atoms. The molecule has 2 unspecified atom stereocenters. The Balaban J connectivity index is 1.68. The molecular formula is C23H28F2N4O3. The smallest absolute Gasteiger partial charge is 0.322 e. The lowest BCUT2D eigenvalue weighted by atomic mass is 9.86. The fourth-order valence-electron chi connectivity index (χ4n) is 4.25. The van der Waals surface area contributed by atoms with Gasteiger partial charge in [-0.3, -0.25) is 14.9 Å². The van der Waals surface area contributed by atoms with Gasteiger partial charge in [0.05, 0.1) is 0 Å². The third-order valence-electron chi connectivity index (χ3n) is 5.88. The van der Waals surface area contributed by atoms with Crippen molar-refractivity contribution in [2.24, 2.45) is 5.92 Å². The van der Waals surface area contributed by atoms with Crippen molar-refractivity contribution in [3.05, 3.63) is 54.1 Å². The van der Waals surface area contributed by atoms with Crippen molar-refractivity contribution in [2.45, 2.75) is 38.8 Å². The number of nitrogens with one attached hydrogen (secondary N) is 2. The van der Waals surface area contributed by atoms with Gasteiger partial charge in [-0.1, -0.05) is 25.2 Å². The zero-order valence-electron chi connectivity index (χ0n) is 18.4. The lowest BCUT2D eigenvalue weighted by Gasteiger charge is -2.42. The van der Waals surface area contributed by atoms with Crippen LogP contribution in [0.15, 0.2) is 42.5 Å². The van der Waals surface area contributed by atoms with Gasteiger partial charge >= 0.3 is 6.03 Å². The molecule has 0 aliphatic carbocycles. The highest BCUT2D eigenvalue weighted by Crippen LogP contribution is 2.27. The fourth-order valence-corrected chi connectivity index (χ4v) is 4.25. The van der Waals surface area contributed by atoms with Crippen molar-refractivity contribution in [3.8, 4) is 0 Å². The first-order valence-corrected chi connectivity index (χ1v) is 10.6. The average Bonchev–Trinajstić information content (AvgIpc) is 3.02. The molecule has 2 heterocycles. The van der Waals surface area contributed by atoms with Crippen LogP contribution in [0.2, 0.25) is 0 Å². The molecule has 2 saturated heterocycles. The molecule has 3 rings (SSSR count). The molecule has 0 spiro atoms. The van der Waals surface area contributed by atoms with Gasteiger partial charge < -0.3 is 15.1 Å². The summed E-state index contributed by atoms with van der Waals surface area (Å²) in [4.78, 5) is 41.0. The number of anilines is 1. The summed E-state index contributed by atoms with van der Waals surface area (Å²) in [5.41, 5.74) is -0.722. The maximum Gasteiger partial charge on any atom is 0.322 e. The molecule has 0 radical (unpaired) electrons. The summed E-state index contributed by atoms with van der Waals surface area (Å²) >= 11 is 0. The second-order valence-electron chi connectivity index (χ2n) is 8.29. The standard InChI is InChI=1S/C23H28F2N4O3/c1-4-5-6-9-23(21(31)26-22(32)27-23)13-15(2)20(30)28-10-11-29(16(3)14-28)17-7-8-18(24)19(25)12-17/h4-9,12,15-16H,10-11,13-14H2,1-3H3,(H2,26,27,31,32)/b5-4-,9-6+/t15?,16-,23?/m0/s1. The average molecular weight is 446 g/mol. The van der Waals surface area contributed by atoms with E-state index in [1.165, 1.54) is 6.07 Å². The third-order valence-corrected chi connectivity index (χ3v) is 5.88. The monoisotopic (exact) mass is 446 g/mol. The second kappa shape index (κ2) is 9.50. The maximum atomic E-state index is 13.6. The number of amides is 4. The van der Waals surface area contributed by atoms with Crippen LogP contribution < -0.4 is 15.5 Å². The van der Waals surface area contributed by atoms with Crippen LogP contribution in [0.25, 0.3) is 0 Å². The van der Waals surface area contributed by atoms with E-state index in [-0.39, 0.29) is 18.4 Å². The molecule has 0 saturated carbocycles. The van der Waals surface area contributed by atoms with Gasteiger partial charge in [-0.05, 0) is 38.5 Å². The van der Waals surface area contributed by atoms with E-state index < -0.39 is 35.0 Å². The van der Waals surface area contributed by atoms with E-state index in [0.717, 1.165) is 12.1 Å². The van der Waals surface area contributed by atoms with Crippen molar-refractivity contribution in [1.82, 2.24) is 15.5 Å². The number of benzene rings is 1. The molecule has 3 atom stereocenters. The first kappa shape index (κ1) is 23.4. The van der Waals surface area contributed by atoms with Crippen LogP contribution in [-0.4, -0.2) is 54.0 Å². The van der Waals surface area contributed by atoms with E-state index in [1.807, 2.05) is 18.7 Å². The number of piperazine rings is 1. The number of halogens is 2. The molecule has 1 aromatic carbocycles. The van der Waals surface area contributed by atoms with Gasteiger partial charge in [0.15, 0.2) is 11.6 Å². The summed E-state index contributed by atoms with van der Waals surface area (Å²) in [6.45, 7) is 6.76. The Labute approximate surface area is 186 Å². The molecule has 2 fully saturated rings. The van der Waals surface area contributed by atoms with E-state index >= 15 is 0 Å². The highest BCUT2D eigenvalue weighted by molar-refractivity contribution is 6.08. The number of carbonyl (C=O) groups is 3. The number of imide groups is 1. The van der Waals surface area contributed by atoms with Crippen molar-refractivity contribution in [1.29, 1.82) is 0 Å². The first-order valence-electron chi connectivity index (χ1n) is 10.6. The minimum atomic E-state index is -1.29. The molecule has 7 nitrogen and oxygen atoms in total. The van der Waals surface area contributed by atoms with Crippen LogP contribution in [0.3, 0.4) is 0 Å². The van der Waals surface area contributed by atoms with Gasteiger partial charge in [-0.2, -0.15) is 0 Å². The molecule has 172 valence electrons.